The van der Waals surface area contributed by atoms with Crippen LogP contribution in [-0.4, -0.2) is 59.8 Å². The van der Waals surface area contributed by atoms with Gasteiger partial charge in [0.15, 0.2) is 0 Å². The third kappa shape index (κ3) is 7.98. The molecule has 4 N–H and O–H groups in total. The van der Waals surface area contributed by atoms with Crippen LogP contribution in [0.1, 0.15) is 20.8 Å². The lowest BCUT2D eigenvalue weighted by Gasteiger charge is -2.27. The summed E-state index contributed by atoms with van der Waals surface area (Å²) in [5, 5.41) is 11.2. The van der Waals surface area contributed by atoms with Crippen LogP contribution in [0.2, 0.25) is 0 Å². The highest BCUT2D eigenvalue weighted by Crippen LogP contribution is 2.07. The molecule has 19 heavy (non-hydrogen) atoms. The Hall–Kier alpha value is -1.83. The number of primary amides is 1. The summed E-state index contributed by atoms with van der Waals surface area (Å²) in [6, 6.07) is -0.672. The summed E-state index contributed by atoms with van der Waals surface area (Å²) in [6.07, 6.45) is 0. The molecule has 0 saturated heterocycles. The molecule has 0 heterocycles. The first-order chi connectivity index (χ1) is 8.68. The highest BCUT2D eigenvalue weighted by Gasteiger charge is 2.23. The average molecular weight is 275 g/mol. The second-order valence-electron chi connectivity index (χ2n) is 4.57. The molecule has 3 amide bonds. The summed E-state index contributed by atoms with van der Waals surface area (Å²) in [5.41, 5.74) is 4.38. The van der Waals surface area contributed by atoms with E-state index >= 15 is 0 Å². The number of nitrogens with one attached hydrogen (secondary N) is 1. The number of rotatable bonds is 8. The fourth-order valence-electron chi connectivity index (χ4n) is 1.39. The summed E-state index contributed by atoms with van der Waals surface area (Å²) in [6.45, 7) is 5.03. The molecule has 8 heteroatoms. The largest absolute Gasteiger partial charge is 0.480 e. The van der Waals surface area contributed by atoms with Crippen molar-refractivity contribution in [2.75, 3.05) is 26.2 Å². The molecule has 0 aromatic rings. The van der Waals surface area contributed by atoms with Gasteiger partial charge in [-0.2, -0.15) is 0 Å². The Bertz CT molecular complexity index is 327. The molecule has 0 bridgehead atoms. The van der Waals surface area contributed by atoms with E-state index in [1.807, 2.05) is 6.92 Å². The smallest absolute Gasteiger partial charge is 0.323 e. The van der Waals surface area contributed by atoms with Crippen LogP contribution in [0.3, 0.4) is 0 Å². The topological polar surface area (TPSA) is 122 Å². The standard InChI is InChI=1S/C11H21N3O5/c1-4-19-11(2,3)7-13-10(18)14(5-8(12)15)6-9(16)17/h4-7H2,1-3H3,(H2,12,15)(H,13,18)(H,16,17). The number of nitrogens with two attached hydrogens (primary N) is 1. The number of nitrogens with zero attached hydrogens (tertiary/aromatic N) is 1. The highest BCUT2D eigenvalue weighted by molar-refractivity contribution is 5.85. The van der Waals surface area contributed by atoms with Crippen LogP contribution < -0.4 is 11.1 Å². The zero-order valence-corrected chi connectivity index (χ0v) is 11.4. The minimum absolute atomic E-state index is 0.189. The number of carbonyl (C=O) groups excluding carboxylic acids is 2. The molecule has 110 valence electrons. The van der Waals surface area contributed by atoms with Crippen LogP contribution in [0.4, 0.5) is 4.79 Å². The SMILES string of the molecule is CCOC(C)(C)CNC(=O)N(CC(N)=O)CC(=O)O. The van der Waals surface area contributed by atoms with Crippen molar-refractivity contribution in [1.82, 2.24) is 10.2 Å². The predicted molar refractivity (Wildman–Crippen MR) is 67.5 cm³/mol. The van der Waals surface area contributed by atoms with Gasteiger partial charge in [0, 0.05) is 13.2 Å². The van der Waals surface area contributed by atoms with Gasteiger partial charge >= 0.3 is 12.0 Å². The maximum atomic E-state index is 11.8. The molecule has 0 aliphatic carbocycles. The van der Waals surface area contributed by atoms with Crippen molar-refractivity contribution in [2.24, 2.45) is 5.73 Å². The van der Waals surface area contributed by atoms with Crippen molar-refractivity contribution in [3.8, 4) is 0 Å². The van der Waals surface area contributed by atoms with E-state index in [4.69, 9.17) is 15.6 Å². The first-order valence-electron chi connectivity index (χ1n) is 5.84. The van der Waals surface area contributed by atoms with Gasteiger partial charge in [0.05, 0.1) is 5.60 Å². The summed E-state index contributed by atoms with van der Waals surface area (Å²) >= 11 is 0. The molecule has 0 rings (SSSR count). The van der Waals surface area contributed by atoms with Gasteiger partial charge < -0.3 is 25.8 Å². The van der Waals surface area contributed by atoms with Crippen molar-refractivity contribution in [2.45, 2.75) is 26.4 Å². The van der Waals surface area contributed by atoms with E-state index in [1.54, 1.807) is 13.8 Å². The van der Waals surface area contributed by atoms with Gasteiger partial charge in [0.2, 0.25) is 5.91 Å². The predicted octanol–water partition coefficient (Wildman–Crippen LogP) is -0.617. The van der Waals surface area contributed by atoms with Gasteiger partial charge in [0.25, 0.3) is 0 Å². The van der Waals surface area contributed by atoms with Crippen molar-refractivity contribution >= 4 is 17.9 Å². The fraction of sp³-hybridized carbons (Fsp3) is 0.727. The van der Waals surface area contributed by atoms with Crippen molar-refractivity contribution < 1.29 is 24.2 Å². The first kappa shape index (κ1) is 17.2. The van der Waals surface area contributed by atoms with Crippen LogP contribution >= 0.6 is 0 Å². The molecule has 0 aliphatic heterocycles. The molecule has 0 unspecified atom stereocenters. The molecule has 0 fully saturated rings. The fourth-order valence-corrected chi connectivity index (χ4v) is 1.39. The number of hydrogen-bond donors (Lipinski definition) is 3. The van der Waals surface area contributed by atoms with Gasteiger partial charge in [-0.1, -0.05) is 0 Å². The third-order valence-corrected chi connectivity index (χ3v) is 2.16. The minimum atomic E-state index is -1.22. The molecular weight excluding hydrogens is 254 g/mol. The lowest BCUT2D eigenvalue weighted by atomic mass is 10.1. The van der Waals surface area contributed by atoms with E-state index in [0.29, 0.717) is 6.61 Å². The Labute approximate surface area is 111 Å². The summed E-state index contributed by atoms with van der Waals surface area (Å²) < 4.78 is 5.38. The Morgan fingerprint density at radius 2 is 1.89 bits per heavy atom. The lowest BCUT2D eigenvalue weighted by molar-refractivity contribution is -0.137. The number of amides is 3. The van der Waals surface area contributed by atoms with Crippen LogP contribution in [0.25, 0.3) is 0 Å². The second kappa shape index (κ2) is 7.57. The van der Waals surface area contributed by atoms with Crippen molar-refractivity contribution in [3.05, 3.63) is 0 Å². The van der Waals surface area contributed by atoms with E-state index in [0.717, 1.165) is 4.90 Å². The van der Waals surface area contributed by atoms with E-state index in [9.17, 15) is 14.4 Å². The van der Waals surface area contributed by atoms with Gasteiger partial charge in [-0.3, -0.25) is 9.59 Å². The summed E-state index contributed by atoms with van der Waals surface area (Å²) in [4.78, 5) is 34.0. The molecule has 0 spiro atoms. The highest BCUT2D eigenvalue weighted by atomic mass is 16.5. The Kier molecular flexibility index (Phi) is 6.84. The van der Waals surface area contributed by atoms with Crippen molar-refractivity contribution in [1.29, 1.82) is 0 Å². The zero-order chi connectivity index (χ0) is 15.1. The van der Waals surface area contributed by atoms with Crippen molar-refractivity contribution in [3.63, 3.8) is 0 Å². The molecule has 0 saturated carbocycles. The maximum absolute atomic E-state index is 11.8. The van der Waals surface area contributed by atoms with Crippen LogP contribution in [-0.2, 0) is 14.3 Å². The van der Waals surface area contributed by atoms with Crippen LogP contribution in [0.15, 0.2) is 0 Å². The normalized spacial score (nSPS) is 10.9. The molecule has 8 nitrogen and oxygen atoms in total. The Morgan fingerprint density at radius 1 is 1.32 bits per heavy atom. The molecule has 0 atom stereocenters. The molecular formula is C11H21N3O5. The van der Waals surface area contributed by atoms with E-state index < -0.39 is 36.6 Å². The first-order valence-corrected chi connectivity index (χ1v) is 5.84. The summed E-state index contributed by atoms with van der Waals surface area (Å²) in [5.74, 6) is -2.00. The number of aliphatic carboxylic acids is 1. The van der Waals surface area contributed by atoms with Gasteiger partial charge in [-0.25, -0.2) is 4.79 Å². The number of ether oxygens (including phenoxy) is 1. The van der Waals surface area contributed by atoms with Crippen LogP contribution in [0, 0.1) is 0 Å². The average Bonchev–Trinajstić information content (AvgIpc) is 2.23. The van der Waals surface area contributed by atoms with E-state index in [1.165, 1.54) is 0 Å². The number of urea groups is 1. The zero-order valence-electron chi connectivity index (χ0n) is 11.4. The quantitative estimate of drug-likeness (QED) is 0.545. The summed E-state index contributed by atoms with van der Waals surface area (Å²) in [7, 11) is 0. The lowest BCUT2D eigenvalue weighted by Crippen LogP contribution is -2.50. The number of carboxylic acids is 1. The minimum Gasteiger partial charge on any atom is -0.480 e. The molecule has 0 aliphatic rings. The molecule has 0 aromatic heterocycles. The van der Waals surface area contributed by atoms with Gasteiger partial charge in [-0.15, -0.1) is 0 Å². The van der Waals surface area contributed by atoms with Gasteiger partial charge in [-0.05, 0) is 20.8 Å². The van der Waals surface area contributed by atoms with E-state index in [2.05, 4.69) is 5.32 Å². The van der Waals surface area contributed by atoms with Gasteiger partial charge in [0.1, 0.15) is 13.1 Å². The number of carboxylic acid groups (broad SMARTS) is 1. The maximum Gasteiger partial charge on any atom is 0.323 e. The van der Waals surface area contributed by atoms with E-state index in [-0.39, 0.29) is 6.54 Å². The number of hydrogen-bond acceptors (Lipinski definition) is 4. The van der Waals surface area contributed by atoms with Crippen LogP contribution in [0.5, 0.6) is 0 Å². The molecule has 0 radical (unpaired) electrons. The second-order valence-corrected chi connectivity index (χ2v) is 4.57. The number of carbonyl (C=O) groups is 3. The Morgan fingerprint density at radius 3 is 2.32 bits per heavy atom. The third-order valence-electron chi connectivity index (χ3n) is 2.16. The monoisotopic (exact) mass is 275 g/mol. The molecule has 0 aromatic carbocycles. The Balaban J connectivity index is 4.47.